The highest BCUT2D eigenvalue weighted by molar-refractivity contribution is 5.72. The molecule has 0 saturated carbocycles. The van der Waals surface area contributed by atoms with Gasteiger partial charge in [0.1, 0.15) is 12.0 Å². The molecule has 1 heterocycles. The summed E-state index contributed by atoms with van der Waals surface area (Å²) in [6.07, 6.45) is 2.62. The van der Waals surface area contributed by atoms with Crippen LogP contribution in [0.4, 0.5) is 11.4 Å². The summed E-state index contributed by atoms with van der Waals surface area (Å²) in [4.78, 5) is 7.61. The van der Waals surface area contributed by atoms with Crippen molar-refractivity contribution >= 4 is 11.4 Å². The maximum Gasteiger partial charge on any atom is 0.160 e. The monoisotopic (exact) mass is 218 g/mol. The molecule has 0 bridgehead atoms. The number of nitrogens with two attached hydrogens (primary N) is 2. The van der Waals surface area contributed by atoms with Gasteiger partial charge in [-0.05, 0) is 6.07 Å². The average Bonchev–Trinajstić information content (AvgIpc) is 2.31. The Morgan fingerprint density at radius 3 is 2.88 bits per heavy atom. The van der Waals surface area contributed by atoms with Crippen molar-refractivity contribution in [2.45, 2.75) is 0 Å². The minimum absolute atomic E-state index is 0.0379. The molecule has 16 heavy (non-hydrogen) atoms. The van der Waals surface area contributed by atoms with Gasteiger partial charge in [-0.15, -0.1) is 0 Å². The largest absolute Gasteiger partial charge is 0.630 e. The molecule has 0 unspecified atom stereocenters. The zero-order valence-corrected chi connectivity index (χ0v) is 8.29. The van der Waals surface area contributed by atoms with E-state index in [2.05, 4.69) is 9.97 Å². The van der Waals surface area contributed by atoms with Gasteiger partial charge in [0, 0.05) is 11.6 Å². The summed E-state index contributed by atoms with van der Waals surface area (Å²) >= 11 is 0. The summed E-state index contributed by atoms with van der Waals surface area (Å²) in [5.74, 6) is -0.0379. The van der Waals surface area contributed by atoms with Crippen LogP contribution in [0.2, 0.25) is 0 Å². The summed E-state index contributed by atoms with van der Waals surface area (Å²) in [6, 6.07) is 4.86. The van der Waals surface area contributed by atoms with Crippen LogP contribution in [0.3, 0.4) is 0 Å². The van der Waals surface area contributed by atoms with Gasteiger partial charge in [-0.3, -0.25) is 0 Å². The van der Waals surface area contributed by atoms with Crippen LogP contribution in [0.15, 0.2) is 30.7 Å². The van der Waals surface area contributed by atoms with E-state index < -0.39 is 0 Å². The molecule has 5 N–H and O–H groups in total. The Labute approximate surface area is 91.4 Å². The predicted octanol–water partition coefficient (Wildman–Crippen LogP) is 0.124. The second-order valence-electron chi connectivity index (χ2n) is 3.22. The van der Waals surface area contributed by atoms with Gasteiger partial charge in [0.2, 0.25) is 0 Å². The van der Waals surface area contributed by atoms with Gasteiger partial charge in [0.25, 0.3) is 0 Å². The topological polar surface area (TPSA) is 112 Å². The number of hydrogen-bond acceptors (Lipinski definition) is 5. The molecule has 0 aliphatic rings. The lowest BCUT2D eigenvalue weighted by Gasteiger charge is -2.08. The Morgan fingerprint density at radius 2 is 2.19 bits per heavy atom. The molecule has 6 heteroatoms. The third kappa shape index (κ3) is 1.79. The van der Waals surface area contributed by atoms with Crippen LogP contribution in [0.5, 0.6) is 5.75 Å². The van der Waals surface area contributed by atoms with Crippen molar-refractivity contribution in [2.75, 3.05) is 5.73 Å². The van der Waals surface area contributed by atoms with Gasteiger partial charge in [0.15, 0.2) is 11.4 Å². The molecule has 0 radical (unpaired) electrons. The third-order valence-corrected chi connectivity index (χ3v) is 2.18. The number of nitrogens with zero attached hydrogens (tertiary/aromatic N) is 2. The summed E-state index contributed by atoms with van der Waals surface area (Å²) in [5, 5.41) is 20.3. The molecule has 0 saturated heterocycles. The fourth-order valence-corrected chi connectivity index (χ4v) is 1.37. The molecule has 0 fully saturated rings. The van der Waals surface area contributed by atoms with E-state index >= 15 is 0 Å². The Balaban J connectivity index is 2.53. The summed E-state index contributed by atoms with van der Waals surface area (Å²) in [6.45, 7) is 0. The Kier molecular flexibility index (Phi) is 2.67. The fourth-order valence-electron chi connectivity index (χ4n) is 1.37. The molecule has 0 amide bonds. The van der Waals surface area contributed by atoms with Crippen molar-refractivity contribution < 1.29 is 10.6 Å². The average molecular weight is 218 g/mol. The molecule has 1 aromatic carbocycles. The minimum atomic E-state index is -0.0379. The van der Waals surface area contributed by atoms with E-state index in [1.165, 1.54) is 12.5 Å². The van der Waals surface area contributed by atoms with Gasteiger partial charge in [-0.1, -0.05) is 6.07 Å². The number of nitrogen functional groups attached to an aromatic ring is 1. The molecule has 2 aromatic rings. The van der Waals surface area contributed by atoms with E-state index in [0.717, 1.165) is 0 Å². The van der Waals surface area contributed by atoms with E-state index in [1.807, 2.05) is 0 Å². The predicted molar refractivity (Wildman–Crippen MR) is 58.5 cm³/mol. The van der Waals surface area contributed by atoms with Crippen LogP contribution in [0.25, 0.3) is 11.3 Å². The van der Waals surface area contributed by atoms with Crippen molar-refractivity contribution in [3.8, 4) is 17.0 Å². The first kappa shape index (κ1) is 10.3. The summed E-state index contributed by atoms with van der Waals surface area (Å²) in [7, 11) is 0. The Morgan fingerprint density at radius 1 is 1.38 bits per heavy atom. The highest BCUT2D eigenvalue weighted by Gasteiger charge is 2.08. The lowest BCUT2D eigenvalue weighted by atomic mass is 10.1. The second-order valence-corrected chi connectivity index (χ2v) is 3.22. The third-order valence-electron chi connectivity index (χ3n) is 2.18. The second kappa shape index (κ2) is 4.13. The zero-order valence-electron chi connectivity index (χ0n) is 8.29. The van der Waals surface area contributed by atoms with E-state index in [9.17, 15) is 10.3 Å². The minimum Gasteiger partial charge on any atom is -0.630 e. The van der Waals surface area contributed by atoms with E-state index in [1.54, 1.807) is 18.2 Å². The van der Waals surface area contributed by atoms with Crippen LogP contribution in [0, 0.1) is 5.21 Å². The molecule has 82 valence electrons. The Hall–Kier alpha value is -2.18. The first-order chi connectivity index (χ1) is 7.72. The fraction of sp³-hybridized carbons (Fsp3) is 0. The molecular weight excluding hydrogens is 208 g/mol. The molecule has 6 nitrogen and oxygen atoms in total. The molecule has 0 atom stereocenters. The van der Waals surface area contributed by atoms with Crippen molar-refractivity contribution in [1.82, 2.24) is 9.97 Å². The van der Waals surface area contributed by atoms with Crippen LogP contribution >= 0.6 is 0 Å². The molecule has 1 aromatic heterocycles. The van der Waals surface area contributed by atoms with Crippen LogP contribution < -0.4 is 11.2 Å². The zero-order chi connectivity index (χ0) is 11.5. The number of aromatic nitrogens is 2. The van der Waals surface area contributed by atoms with E-state index in [4.69, 9.17) is 5.73 Å². The number of hydrogen-bond donors (Lipinski definition) is 3. The van der Waals surface area contributed by atoms with Crippen LogP contribution in [0.1, 0.15) is 0 Å². The number of quaternary nitrogens is 1. The molecule has 0 aliphatic carbocycles. The van der Waals surface area contributed by atoms with E-state index in [-0.39, 0.29) is 5.75 Å². The quantitative estimate of drug-likeness (QED) is 0.489. The van der Waals surface area contributed by atoms with Crippen molar-refractivity contribution in [1.29, 1.82) is 0 Å². The first-order valence-corrected chi connectivity index (χ1v) is 4.56. The molecule has 0 spiro atoms. The molecule has 0 aliphatic heterocycles. The van der Waals surface area contributed by atoms with Gasteiger partial charge < -0.3 is 21.5 Å². The molecule has 2 rings (SSSR count). The SMILES string of the molecule is Nc1ccc(-c2ncncc2O)cc1[NH2+][O-]. The van der Waals surface area contributed by atoms with Crippen molar-refractivity contribution in [3.63, 3.8) is 0 Å². The first-order valence-electron chi connectivity index (χ1n) is 4.56. The maximum atomic E-state index is 10.7. The number of rotatable bonds is 2. The van der Waals surface area contributed by atoms with Crippen molar-refractivity contribution in [3.05, 3.63) is 35.9 Å². The normalized spacial score (nSPS) is 10.3. The van der Waals surface area contributed by atoms with E-state index in [0.29, 0.717) is 28.1 Å². The van der Waals surface area contributed by atoms with Gasteiger partial charge in [-0.2, -0.15) is 0 Å². The number of aromatic hydroxyl groups is 1. The standard InChI is InChI=1S/C10H10N4O2/c11-7-2-1-6(3-8(7)14-16)10-9(15)4-12-5-13-10/h1-5,15H,11,14H2. The lowest BCUT2D eigenvalue weighted by molar-refractivity contribution is -0.496. The number of anilines is 1. The van der Waals surface area contributed by atoms with Crippen LogP contribution in [-0.2, 0) is 0 Å². The van der Waals surface area contributed by atoms with Gasteiger partial charge >= 0.3 is 0 Å². The van der Waals surface area contributed by atoms with Gasteiger partial charge in [-0.25, -0.2) is 9.97 Å². The van der Waals surface area contributed by atoms with Crippen LogP contribution in [-0.4, -0.2) is 15.1 Å². The highest BCUT2D eigenvalue weighted by Crippen LogP contribution is 2.28. The lowest BCUT2D eigenvalue weighted by Crippen LogP contribution is -2.70. The Bertz CT molecular complexity index is 516. The molecular formula is C10H10N4O2. The summed E-state index contributed by atoms with van der Waals surface area (Å²) in [5.41, 5.74) is 8.01. The highest BCUT2D eigenvalue weighted by atomic mass is 16.5. The smallest absolute Gasteiger partial charge is 0.160 e. The number of benzene rings is 1. The summed E-state index contributed by atoms with van der Waals surface area (Å²) < 4.78 is 0. The maximum absolute atomic E-state index is 10.7. The van der Waals surface area contributed by atoms with Gasteiger partial charge in [0.05, 0.1) is 11.9 Å². The van der Waals surface area contributed by atoms with Crippen molar-refractivity contribution in [2.24, 2.45) is 0 Å².